The van der Waals surface area contributed by atoms with Gasteiger partial charge < -0.3 is 10.1 Å². The smallest absolute Gasteiger partial charge is 0.331 e. The van der Waals surface area contributed by atoms with E-state index in [1.165, 1.54) is 43.3 Å². The van der Waals surface area contributed by atoms with Crippen LogP contribution in [0.4, 0.5) is 10.1 Å². The Balaban J connectivity index is 2.50. The number of esters is 1. The molecule has 1 N–H and O–H groups in total. The van der Waals surface area contributed by atoms with Crippen LogP contribution in [0.5, 0.6) is 0 Å². The molecule has 106 valence electrons. The van der Waals surface area contributed by atoms with E-state index in [9.17, 15) is 14.0 Å². The first-order valence-corrected chi connectivity index (χ1v) is 6.09. The SMILES string of the molecule is C/C=C/C=C/C(=O)O[C@@H](C)C(=O)Nc1ccc(F)cc1. The molecule has 20 heavy (non-hydrogen) atoms. The van der Waals surface area contributed by atoms with Crippen molar-refractivity contribution >= 4 is 17.6 Å². The van der Waals surface area contributed by atoms with Crippen LogP contribution < -0.4 is 5.32 Å². The molecule has 0 radical (unpaired) electrons. The number of rotatable bonds is 5. The van der Waals surface area contributed by atoms with Crippen LogP contribution >= 0.6 is 0 Å². The van der Waals surface area contributed by atoms with E-state index in [2.05, 4.69) is 5.32 Å². The fraction of sp³-hybridized carbons (Fsp3) is 0.200. The van der Waals surface area contributed by atoms with Gasteiger partial charge in [0.1, 0.15) is 5.82 Å². The summed E-state index contributed by atoms with van der Waals surface area (Å²) < 4.78 is 17.6. The number of carbonyl (C=O) groups excluding carboxylic acids is 2. The number of nitrogens with one attached hydrogen (secondary N) is 1. The van der Waals surface area contributed by atoms with Gasteiger partial charge in [-0.2, -0.15) is 0 Å². The van der Waals surface area contributed by atoms with Crippen molar-refractivity contribution in [2.24, 2.45) is 0 Å². The van der Waals surface area contributed by atoms with Crippen LogP contribution in [0.2, 0.25) is 0 Å². The number of hydrogen-bond acceptors (Lipinski definition) is 3. The van der Waals surface area contributed by atoms with E-state index < -0.39 is 23.8 Å². The molecule has 5 heteroatoms. The zero-order valence-corrected chi connectivity index (χ0v) is 11.3. The minimum Gasteiger partial charge on any atom is -0.449 e. The van der Waals surface area contributed by atoms with Crippen molar-refractivity contribution in [3.63, 3.8) is 0 Å². The highest BCUT2D eigenvalue weighted by molar-refractivity contribution is 5.95. The molecule has 1 rings (SSSR count). The van der Waals surface area contributed by atoms with Gasteiger partial charge in [0.15, 0.2) is 6.10 Å². The maximum Gasteiger partial charge on any atom is 0.331 e. The Hall–Kier alpha value is -2.43. The molecular formula is C15H16FNO3. The molecule has 0 aliphatic carbocycles. The van der Waals surface area contributed by atoms with E-state index in [0.717, 1.165) is 0 Å². The fourth-order valence-electron chi connectivity index (χ4n) is 1.29. The summed E-state index contributed by atoms with van der Waals surface area (Å²) in [7, 11) is 0. The van der Waals surface area contributed by atoms with Crippen molar-refractivity contribution in [2.45, 2.75) is 20.0 Å². The highest BCUT2D eigenvalue weighted by Crippen LogP contribution is 2.09. The van der Waals surface area contributed by atoms with Gasteiger partial charge in [0.2, 0.25) is 0 Å². The lowest BCUT2D eigenvalue weighted by atomic mass is 10.3. The summed E-state index contributed by atoms with van der Waals surface area (Å²) in [6, 6.07) is 5.31. The largest absolute Gasteiger partial charge is 0.449 e. The summed E-state index contributed by atoms with van der Waals surface area (Å²) in [6.07, 6.45) is 5.23. The Morgan fingerprint density at radius 1 is 1.25 bits per heavy atom. The van der Waals surface area contributed by atoms with Gasteiger partial charge in [0.25, 0.3) is 5.91 Å². The molecule has 0 aliphatic heterocycles. The van der Waals surface area contributed by atoms with E-state index in [1.807, 2.05) is 6.92 Å². The molecule has 0 aliphatic rings. The minimum atomic E-state index is -0.942. The number of allylic oxidation sites excluding steroid dienone is 3. The van der Waals surface area contributed by atoms with Gasteiger partial charge in [-0.15, -0.1) is 0 Å². The zero-order chi connectivity index (χ0) is 15.0. The Morgan fingerprint density at radius 2 is 1.90 bits per heavy atom. The standard InChI is InChI=1S/C15H16FNO3/c1-3-4-5-6-14(18)20-11(2)15(19)17-13-9-7-12(16)8-10-13/h3-11H,1-2H3,(H,17,19)/b4-3+,6-5+/t11-/m0/s1. The lowest BCUT2D eigenvalue weighted by Crippen LogP contribution is -2.29. The van der Waals surface area contributed by atoms with Gasteiger partial charge in [-0.1, -0.05) is 18.2 Å². The average Bonchev–Trinajstić information content (AvgIpc) is 2.41. The van der Waals surface area contributed by atoms with Crippen LogP contribution in [-0.4, -0.2) is 18.0 Å². The molecule has 1 aromatic carbocycles. The number of benzene rings is 1. The Morgan fingerprint density at radius 3 is 2.50 bits per heavy atom. The summed E-state index contributed by atoms with van der Waals surface area (Å²) >= 11 is 0. The Labute approximate surface area is 116 Å². The molecule has 0 saturated carbocycles. The van der Waals surface area contributed by atoms with Crippen LogP contribution in [0.25, 0.3) is 0 Å². The lowest BCUT2D eigenvalue weighted by molar-refractivity contribution is -0.148. The maximum atomic E-state index is 12.7. The number of hydrogen-bond donors (Lipinski definition) is 1. The summed E-state index contributed by atoms with van der Waals surface area (Å²) in [6.45, 7) is 3.27. The van der Waals surface area contributed by atoms with Gasteiger partial charge >= 0.3 is 5.97 Å². The number of halogens is 1. The predicted molar refractivity (Wildman–Crippen MR) is 74.5 cm³/mol. The van der Waals surface area contributed by atoms with Crippen molar-refractivity contribution in [1.29, 1.82) is 0 Å². The predicted octanol–water partition coefficient (Wildman–Crippen LogP) is 2.83. The van der Waals surface area contributed by atoms with Crippen molar-refractivity contribution in [2.75, 3.05) is 5.32 Å². The number of ether oxygens (including phenoxy) is 1. The van der Waals surface area contributed by atoms with E-state index >= 15 is 0 Å². The Kier molecular flexibility index (Phi) is 6.16. The Bertz CT molecular complexity index is 520. The van der Waals surface area contributed by atoms with Crippen molar-refractivity contribution < 1.29 is 18.7 Å². The molecule has 0 fully saturated rings. The topological polar surface area (TPSA) is 55.4 Å². The first kappa shape index (κ1) is 15.6. The highest BCUT2D eigenvalue weighted by atomic mass is 19.1. The monoisotopic (exact) mass is 277 g/mol. The second-order valence-corrected chi connectivity index (χ2v) is 3.96. The summed E-state index contributed by atoms with van der Waals surface area (Å²) in [5.41, 5.74) is 0.434. The van der Waals surface area contributed by atoms with Crippen LogP contribution in [0.3, 0.4) is 0 Å². The third kappa shape index (κ3) is 5.48. The number of carbonyl (C=O) groups is 2. The van der Waals surface area contributed by atoms with Crippen LogP contribution in [0.1, 0.15) is 13.8 Å². The molecule has 0 aromatic heterocycles. The van der Waals surface area contributed by atoms with E-state index in [-0.39, 0.29) is 0 Å². The first-order valence-electron chi connectivity index (χ1n) is 6.09. The second-order valence-electron chi connectivity index (χ2n) is 3.96. The molecular weight excluding hydrogens is 261 g/mol. The molecule has 0 heterocycles. The molecule has 1 aromatic rings. The first-order chi connectivity index (χ1) is 9.52. The summed E-state index contributed by atoms with van der Waals surface area (Å²) in [5, 5.41) is 2.52. The van der Waals surface area contributed by atoms with Crippen LogP contribution in [-0.2, 0) is 14.3 Å². The molecule has 0 bridgehead atoms. The highest BCUT2D eigenvalue weighted by Gasteiger charge is 2.16. The summed E-state index contributed by atoms with van der Waals surface area (Å²) in [5.74, 6) is -1.48. The maximum absolute atomic E-state index is 12.7. The molecule has 1 amide bonds. The van der Waals surface area contributed by atoms with Gasteiger partial charge in [-0.05, 0) is 38.1 Å². The number of anilines is 1. The average molecular weight is 277 g/mol. The molecule has 1 atom stereocenters. The molecule has 0 unspecified atom stereocenters. The van der Waals surface area contributed by atoms with Crippen molar-refractivity contribution in [1.82, 2.24) is 0 Å². The van der Waals surface area contributed by atoms with Gasteiger partial charge in [0, 0.05) is 11.8 Å². The van der Waals surface area contributed by atoms with Crippen molar-refractivity contribution in [3.05, 3.63) is 54.4 Å². The van der Waals surface area contributed by atoms with Crippen molar-refractivity contribution in [3.8, 4) is 0 Å². The normalized spacial score (nSPS) is 12.6. The zero-order valence-electron chi connectivity index (χ0n) is 11.3. The molecule has 4 nitrogen and oxygen atoms in total. The van der Waals surface area contributed by atoms with E-state index in [4.69, 9.17) is 4.74 Å². The second kappa shape index (κ2) is 7.89. The van der Waals surface area contributed by atoms with Crippen LogP contribution in [0, 0.1) is 5.82 Å². The minimum absolute atomic E-state index is 0.392. The number of amides is 1. The quantitative estimate of drug-likeness (QED) is 0.511. The summed E-state index contributed by atoms with van der Waals surface area (Å²) in [4.78, 5) is 23.1. The van der Waals surface area contributed by atoms with E-state index in [0.29, 0.717) is 5.69 Å². The third-order valence-electron chi connectivity index (χ3n) is 2.31. The van der Waals surface area contributed by atoms with Crippen LogP contribution in [0.15, 0.2) is 48.6 Å². The van der Waals surface area contributed by atoms with Gasteiger partial charge in [-0.3, -0.25) is 4.79 Å². The molecule has 0 spiro atoms. The van der Waals surface area contributed by atoms with Gasteiger partial charge in [-0.25, -0.2) is 9.18 Å². The van der Waals surface area contributed by atoms with E-state index in [1.54, 1.807) is 12.2 Å². The fourth-order valence-corrected chi connectivity index (χ4v) is 1.29. The lowest BCUT2D eigenvalue weighted by Gasteiger charge is -2.12. The van der Waals surface area contributed by atoms with Gasteiger partial charge in [0.05, 0.1) is 0 Å². The molecule has 0 saturated heterocycles. The third-order valence-corrected chi connectivity index (χ3v) is 2.31.